The lowest BCUT2D eigenvalue weighted by Gasteiger charge is -2.27. The number of piperidine rings is 1. The van der Waals surface area contributed by atoms with Gasteiger partial charge in [0.05, 0.1) is 13.1 Å². The highest BCUT2D eigenvalue weighted by Gasteiger charge is 2.24. The molecular weight excluding hydrogens is 380 g/mol. The predicted octanol–water partition coefficient (Wildman–Crippen LogP) is 3.70. The first-order valence-electron chi connectivity index (χ1n) is 10.7. The lowest BCUT2D eigenvalue weighted by Crippen LogP contribution is -2.44. The second-order valence-electron chi connectivity index (χ2n) is 7.91. The van der Waals surface area contributed by atoms with Crippen LogP contribution in [0, 0.1) is 0 Å². The van der Waals surface area contributed by atoms with E-state index in [-0.39, 0.29) is 0 Å². The summed E-state index contributed by atoms with van der Waals surface area (Å²) < 4.78 is 0. The molecule has 1 aliphatic rings. The summed E-state index contributed by atoms with van der Waals surface area (Å²) in [5, 5.41) is 19.3. The zero-order valence-electron chi connectivity index (χ0n) is 17.7. The van der Waals surface area contributed by atoms with E-state index in [1.807, 2.05) is 24.4 Å². The molecule has 0 saturated carbocycles. The molecule has 3 N–H and O–H groups in total. The van der Waals surface area contributed by atoms with Gasteiger partial charge in [-0.25, -0.2) is 4.99 Å². The van der Waals surface area contributed by atoms with E-state index in [4.69, 9.17) is 4.99 Å². The lowest BCUT2D eigenvalue weighted by atomic mass is 10.0. The third kappa shape index (κ3) is 6.56. The zero-order chi connectivity index (χ0) is 20.5. The highest BCUT2D eigenvalue weighted by molar-refractivity contribution is 7.10. The molecule has 1 atom stereocenters. The molecule has 158 valence electrons. The third-order valence-electron chi connectivity index (χ3n) is 5.36. The van der Waals surface area contributed by atoms with Gasteiger partial charge in [-0.05, 0) is 62.4 Å². The summed E-state index contributed by atoms with van der Waals surface area (Å²) in [5.41, 5.74) is 1.70. The average molecular weight is 415 g/mol. The number of likely N-dealkylation sites (tertiary alicyclic amines) is 1. The van der Waals surface area contributed by atoms with E-state index in [1.54, 1.807) is 11.3 Å². The Bertz CT molecular complexity index is 767. The van der Waals surface area contributed by atoms with Gasteiger partial charge < -0.3 is 15.7 Å². The van der Waals surface area contributed by atoms with Crippen molar-refractivity contribution in [3.8, 4) is 0 Å². The van der Waals surface area contributed by atoms with Gasteiger partial charge in [-0.1, -0.05) is 36.8 Å². The molecule has 1 saturated heterocycles. The monoisotopic (exact) mass is 414 g/mol. The molecule has 0 spiro atoms. The molecule has 1 aromatic carbocycles. The number of nitrogens with zero attached hydrogens (tertiary/aromatic N) is 2. The van der Waals surface area contributed by atoms with Crippen molar-refractivity contribution in [3.63, 3.8) is 0 Å². The van der Waals surface area contributed by atoms with Crippen molar-refractivity contribution in [1.29, 1.82) is 0 Å². The quantitative estimate of drug-likeness (QED) is 0.455. The second-order valence-corrected chi connectivity index (χ2v) is 8.85. The highest BCUT2D eigenvalue weighted by Crippen LogP contribution is 2.24. The first-order chi connectivity index (χ1) is 14.1. The topological polar surface area (TPSA) is 59.9 Å². The Morgan fingerprint density at radius 3 is 2.55 bits per heavy atom. The lowest BCUT2D eigenvalue weighted by molar-refractivity contribution is 0.0655. The molecule has 1 aromatic heterocycles. The first kappa shape index (κ1) is 21.8. The zero-order valence-corrected chi connectivity index (χ0v) is 18.5. The Balaban J connectivity index is 1.64. The Morgan fingerprint density at radius 1 is 1.10 bits per heavy atom. The maximum Gasteiger partial charge on any atom is 0.191 e. The van der Waals surface area contributed by atoms with E-state index >= 15 is 0 Å². The molecule has 0 bridgehead atoms. The van der Waals surface area contributed by atoms with Gasteiger partial charge in [0.2, 0.25) is 0 Å². The molecule has 0 radical (unpaired) electrons. The van der Waals surface area contributed by atoms with E-state index in [9.17, 15) is 5.11 Å². The fourth-order valence-electron chi connectivity index (χ4n) is 3.66. The van der Waals surface area contributed by atoms with Crippen LogP contribution in [0.3, 0.4) is 0 Å². The number of nitrogens with one attached hydrogen (secondary N) is 2. The fraction of sp³-hybridized carbons (Fsp3) is 0.522. The van der Waals surface area contributed by atoms with Gasteiger partial charge in [-0.15, -0.1) is 11.3 Å². The number of rotatable bonds is 8. The number of benzene rings is 1. The van der Waals surface area contributed by atoms with Crippen molar-refractivity contribution >= 4 is 17.3 Å². The summed E-state index contributed by atoms with van der Waals surface area (Å²) >= 11 is 1.57. The molecule has 2 heterocycles. The van der Waals surface area contributed by atoms with E-state index in [1.165, 1.54) is 43.5 Å². The van der Waals surface area contributed by atoms with Crippen LogP contribution >= 0.6 is 11.3 Å². The first-order valence-corrected chi connectivity index (χ1v) is 11.5. The largest absolute Gasteiger partial charge is 0.383 e. The van der Waals surface area contributed by atoms with Crippen LogP contribution in [0.1, 0.15) is 49.1 Å². The number of aliphatic hydroxyl groups is 1. The van der Waals surface area contributed by atoms with Gasteiger partial charge in [-0.2, -0.15) is 0 Å². The van der Waals surface area contributed by atoms with Gasteiger partial charge in [-0.3, -0.25) is 4.90 Å². The predicted molar refractivity (Wildman–Crippen MR) is 122 cm³/mol. The van der Waals surface area contributed by atoms with Crippen LogP contribution in [0.4, 0.5) is 0 Å². The molecular formula is C23H34N4OS. The van der Waals surface area contributed by atoms with Gasteiger partial charge >= 0.3 is 0 Å². The van der Waals surface area contributed by atoms with Gasteiger partial charge in [0.15, 0.2) is 5.96 Å². The summed E-state index contributed by atoms with van der Waals surface area (Å²) in [4.78, 5) is 8.29. The van der Waals surface area contributed by atoms with E-state index < -0.39 is 5.60 Å². The van der Waals surface area contributed by atoms with Crippen LogP contribution < -0.4 is 10.6 Å². The number of hydrogen-bond donors (Lipinski definition) is 3. The number of hydrogen-bond acceptors (Lipinski definition) is 4. The molecule has 1 aliphatic heterocycles. The molecule has 1 unspecified atom stereocenters. The number of guanidine groups is 1. The van der Waals surface area contributed by atoms with Crippen LogP contribution in [0.25, 0.3) is 0 Å². The molecule has 1 fully saturated rings. The normalized spacial score (nSPS) is 17.7. The third-order valence-corrected chi connectivity index (χ3v) is 6.49. The molecule has 2 aromatic rings. The van der Waals surface area contributed by atoms with E-state index in [2.05, 4.69) is 46.7 Å². The smallest absolute Gasteiger partial charge is 0.191 e. The van der Waals surface area contributed by atoms with Crippen LogP contribution in [0.15, 0.2) is 46.8 Å². The summed E-state index contributed by atoms with van der Waals surface area (Å²) in [6.45, 7) is 9.10. The van der Waals surface area contributed by atoms with Crippen molar-refractivity contribution in [3.05, 3.63) is 57.8 Å². The Morgan fingerprint density at radius 2 is 1.86 bits per heavy atom. The van der Waals surface area contributed by atoms with E-state index in [0.717, 1.165) is 23.9 Å². The van der Waals surface area contributed by atoms with Gasteiger partial charge in [0.25, 0.3) is 0 Å². The summed E-state index contributed by atoms with van der Waals surface area (Å²) in [6, 6.07) is 12.5. The Kier molecular flexibility index (Phi) is 8.09. The van der Waals surface area contributed by atoms with Crippen molar-refractivity contribution in [1.82, 2.24) is 15.5 Å². The van der Waals surface area contributed by atoms with Gasteiger partial charge in [0, 0.05) is 18.0 Å². The van der Waals surface area contributed by atoms with Crippen molar-refractivity contribution in [2.75, 3.05) is 26.2 Å². The van der Waals surface area contributed by atoms with Crippen molar-refractivity contribution in [2.24, 2.45) is 4.99 Å². The standard InChI is InChI=1S/C23H34N4OS/c1-3-24-22(26-18-23(2,28)21-12-9-15-29-21)25-16-19-10-5-6-11-20(19)17-27-13-7-4-8-14-27/h5-6,9-12,15,28H,3-4,7-8,13-14,16-18H2,1-2H3,(H2,24,25,26). The molecule has 5 nitrogen and oxygen atoms in total. The summed E-state index contributed by atoms with van der Waals surface area (Å²) in [6.07, 6.45) is 3.97. The van der Waals surface area contributed by atoms with Crippen LogP contribution in [0.5, 0.6) is 0 Å². The molecule has 6 heteroatoms. The highest BCUT2D eigenvalue weighted by atomic mass is 32.1. The molecule has 29 heavy (non-hydrogen) atoms. The minimum atomic E-state index is -0.920. The maximum atomic E-state index is 10.8. The van der Waals surface area contributed by atoms with E-state index in [0.29, 0.717) is 13.1 Å². The van der Waals surface area contributed by atoms with Crippen molar-refractivity contribution < 1.29 is 5.11 Å². The molecule has 0 aliphatic carbocycles. The number of aliphatic imine (C=N–C) groups is 1. The molecule has 3 rings (SSSR count). The van der Waals surface area contributed by atoms with Gasteiger partial charge in [0.1, 0.15) is 5.60 Å². The minimum absolute atomic E-state index is 0.411. The summed E-state index contributed by atoms with van der Waals surface area (Å²) in [5.74, 6) is 0.733. The fourth-order valence-corrected chi connectivity index (χ4v) is 4.45. The maximum absolute atomic E-state index is 10.8. The minimum Gasteiger partial charge on any atom is -0.383 e. The summed E-state index contributed by atoms with van der Waals surface area (Å²) in [7, 11) is 0. The van der Waals surface area contributed by atoms with Crippen LogP contribution in [0.2, 0.25) is 0 Å². The Labute approximate surface area is 178 Å². The second kappa shape index (κ2) is 10.8. The van der Waals surface area contributed by atoms with Crippen molar-refractivity contribution in [2.45, 2.75) is 51.8 Å². The SMILES string of the molecule is CCNC(=NCc1ccccc1CN1CCCCC1)NCC(C)(O)c1cccs1. The molecule has 0 amide bonds. The number of thiophene rings is 1. The average Bonchev–Trinajstić information content (AvgIpc) is 3.28. The van der Waals surface area contributed by atoms with Crippen LogP contribution in [-0.4, -0.2) is 42.1 Å². The Hall–Kier alpha value is -1.89. The van der Waals surface area contributed by atoms with Crippen LogP contribution in [-0.2, 0) is 18.7 Å².